The largest absolute Gasteiger partial charge is 0.481 e. The minimum absolute atomic E-state index is 0. The Morgan fingerprint density at radius 2 is 2.07 bits per heavy atom. The van der Waals surface area contributed by atoms with E-state index in [1.807, 2.05) is 0 Å². The van der Waals surface area contributed by atoms with Crippen LogP contribution in [-0.4, -0.2) is 37.4 Å². The van der Waals surface area contributed by atoms with E-state index in [1.165, 1.54) is 0 Å². The van der Waals surface area contributed by atoms with Gasteiger partial charge in [0.2, 0.25) is 0 Å². The fourth-order valence-electron chi connectivity index (χ4n) is 1.46. The fourth-order valence-corrected chi connectivity index (χ4v) is 1.46. The van der Waals surface area contributed by atoms with Crippen molar-refractivity contribution in [3.63, 3.8) is 0 Å². The number of aliphatic carboxylic acids is 1. The molecule has 1 aliphatic rings. The van der Waals surface area contributed by atoms with Crippen LogP contribution in [-0.2, 0) is 9.53 Å². The van der Waals surface area contributed by atoms with Crippen LogP contribution in [0.4, 0.5) is 0 Å². The zero-order valence-corrected chi connectivity index (χ0v) is 9.02. The highest BCUT2D eigenvalue weighted by molar-refractivity contribution is 5.85. The molecule has 1 fully saturated rings. The van der Waals surface area contributed by atoms with Gasteiger partial charge in [-0.15, -0.1) is 12.4 Å². The lowest BCUT2D eigenvalue weighted by Crippen LogP contribution is -2.30. The minimum atomic E-state index is -0.787. The molecule has 0 bridgehead atoms. The Morgan fingerprint density at radius 1 is 1.43 bits per heavy atom. The van der Waals surface area contributed by atoms with Gasteiger partial charge in [-0.05, 0) is 31.8 Å². The number of carboxylic acid groups (broad SMARTS) is 1. The van der Waals surface area contributed by atoms with Crippen molar-refractivity contribution in [1.82, 2.24) is 5.32 Å². The molecule has 0 amide bonds. The lowest BCUT2D eigenvalue weighted by molar-refractivity contribution is -0.138. The van der Waals surface area contributed by atoms with Crippen molar-refractivity contribution in [2.75, 3.05) is 26.3 Å². The number of rotatable bonds is 5. The predicted octanol–water partition coefficient (Wildman–Crippen LogP) is 0.899. The summed E-state index contributed by atoms with van der Waals surface area (Å²) < 4.78 is 5.28. The number of halogens is 1. The van der Waals surface area contributed by atoms with Gasteiger partial charge in [0, 0.05) is 6.61 Å². The Bertz CT molecular complexity index is 160. The standard InChI is InChI=1S/C9H17NO3.ClH/c11-9(12)3-6-13-7-8-1-4-10-5-2-8;/h8,10H,1-7H2,(H,11,12);1H. The molecule has 0 unspecified atom stereocenters. The summed E-state index contributed by atoms with van der Waals surface area (Å²) in [6, 6.07) is 0. The first kappa shape index (κ1) is 13.7. The third-order valence-corrected chi connectivity index (χ3v) is 2.27. The molecule has 1 heterocycles. The van der Waals surface area contributed by atoms with Crippen LogP contribution in [0.2, 0.25) is 0 Å². The fraction of sp³-hybridized carbons (Fsp3) is 0.889. The maximum absolute atomic E-state index is 10.2. The van der Waals surface area contributed by atoms with Crippen molar-refractivity contribution in [1.29, 1.82) is 0 Å². The van der Waals surface area contributed by atoms with Gasteiger partial charge in [-0.3, -0.25) is 4.79 Å². The molecule has 0 aromatic carbocycles. The first-order valence-corrected chi connectivity index (χ1v) is 4.79. The molecule has 0 spiro atoms. The third-order valence-electron chi connectivity index (χ3n) is 2.27. The van der Waals surface area contributed by atoms with Gasteiger partial charge in [-0.1, -0.05) is 0 Å². The van der Waals surface area contributed by atoms with Gasteiger partial charge < -0.3 is 15.2 Å². The van der Waals surface area contributed by atoms with Gasteiger partial charge in [0.1, 0.15) is 0 Å². The average Bonchev–Trinajstić information content (AvgIpc) is 2.14. The molecule has 4 nitrogen and oxygen atoms in total. The lowest BCUT2D eigenvalue weighted by Gasteiger charge is -2.22. The zero-order valence-electron chi connectivity index (χ0n) is 8.20. The van der Waals surface area contributed by atoms with Crippen molar-refractivity contribution in [3.05, 3.63) is 0 Å². The van der Waals surface area contributed by atoms with E-state index < -0.39 is 5.97 Å². The molecule has 1 rings (SSSR count). The van der Waals surface area contributed by atoms with Crippen LogP contribution >= 0.6 is 12.4 Å². The van der Waals surface area contributed by atoms with Crippen LogP contribution in [0.1, 0.15) is 19.3 Å². The molecule has 0 radical (unpaired) electrons. The van der Waals surface area contributed by atoms with Crippen LogP contribution < -0.4 is 5.32 Å². The molecular weight excluding hydrogens is 206 g/mol. The van der Waals surface area contributed by atoms with Crippen LogP contribution in [0, 0.1) is 5.92 Å². The van der Waals surface area contributed by atoms with E-state index in [4.69, 9.17) is 9.84 Å². The monoisotopic (exact) mass is 223 g/mol. The maximum Gasteiger partial charge on any atom is 0.305 e. The second kappa shape index (κ2) is 8.03. The molecule has 84 valence electrons. The molecule has 2 N–H and O–H groups in total. The smallest absolute Gasteiger partial charge is 0.305 e. The topological polar surface area (TPSA) is 58.6 Å². The summed E-state index contributed by atoms with van der Waals surface area (Å²) >= 11 is 0. The Kier molecular flexibility index (Phi) is 7.84. The quantitative estimate of drug-likeness (QED) is 0.680. The predicted molar refractivity (Wildman–Crippen MR) is 55.9 cm³/mol. The summed E-state index contributed by atoms with van der Waals surface area (Å²) in [6.45, 7) is 3.19. The van der Waals surface area contributed by atoms with E-state index in [0.717, 1.165) is 32.5 Å². The molecule has 0 saturated carbocycles. The van der Waals surface area contributed by atoms with Crippen LogP contribution in [0.25, 0.3) is 0 Å². The minimum Gasteiger partial charge on any atom is -0.481 e. The Hall–Kier alpha value is -0.320. The SMILES string of the molecule is Cl.O=C(O)CCOCC1CCNCC1. The first-order valence-electron chi connectivity index (χ1n) is 4.79. The number of carbonyl (C=O) groups is 1. The summed E-state index contributed by atoms with van der Waals surface area (Å²) in [6.07, 6.45) is 2.41. The molecule has 0 aromatic rings. The highest BCUT2D eigenvalue weighted by Crippen LogP contribution is 2.11. The van der Waals surface area contributed by atoms with Gasteiger partial charge in [0.15, 0.2) is 0 Å². The number of nitrogens with one attached hydrogen (secondary N) is 1. The van der Waals surface area contributed by atoms with Gasteiger partial charge in [0.05, 0.1) is 13.0 Å². The van der Waals surface area contributed by atoms with Crippen molar-refractivity contribution in [3.8, 4) is 0 Å². The van der Waals surface area contributed by atoms with Crippen molar-refractivity contribution in [2.45, 2.75) is 19.3 Å². The van der Waals surface area contributed by atoms with Crippen molar-refractivity contribution >= 4 is 18.4 Å². The van der Waals surface area contributed by atoms with E-state index >= 15 is 0 Å². The van der Waals surface area contributed by atoms with Gasteiger partial charge in [-0.25, -0.2) is 0 Å². The van der Waals surface area contributed by atoms with E-state index in [2.05, 4.69) is 5.32 Å². The summed E-state index contributed by atoms with van der Waals surface area (Å²) in [5, 5.41) is 11.6. The number of piperidine rings is 1. The zero-order chi connectivity index (χ0) is 9.52. The van der Waals surface area contributed by atoms with Crippen LogP contribution in [0.3, 0.4) is 0 Å². The first-order chi connectivity index (χ1) is 6.29. The van der Waals surface area contributed by atoms with E-state index in [0.29, 0.717) is 12.5 Å². The molecule has 0 aliphatic carbocycles. The molecule has 0 aromatic heterocycles. The number of carboxylic acids is 1. The van der Waals surface area contributed by atoms with Gasteiger partial charge in [-0.2, -0.15) is 0 Å². The third kappa shape index (κ3) is 6.18. The number of hydrogen-bond donors (Lipinski definition) is 2. The van der Waals surface area contributed by atoms with Crippen molar-refractivity contribution < 1.29 is 14.6 Å². The number of hydrogen-bond acceptors (Lipinski definition) is 3. The van der Waals surface area contributed by atoms with E-state index in [1.54, 1.807) is 0 Å². The van der Waals surface area contributed by atoms with Gasteiger partial charge >= 0.3 is 5.97 Å². The number of ether oxygens (including phenoxy) is 1. The van der Waals surface area contributed by atoms with Crippen LogP contribution in [0.5, 0.6) is 0 Å². The Morgan fingerprint density at radius 3 is 2.64 bits per heavy atom. The molecule has 1 aliphatic heterocycles. The highest BCUT2D eigenvalue weighted by Gasteiger charge is 2.12. The summed E-state index contributed by atoms with van der Waals surface area (Å²) in [4.78, 5) is 10.2. The lowest BCUT2D eigenvalue weighted by atomic mass is 9.99. The summed E-state index contributed by atoms with van der Waals surface area (Å²) in [7, 11) is 0. The molecular formula is C9H18ClNO3. The second-order valence-electron chi connectivity index (χ2n) is 3.41. The normalized spacial score (nSPS) is 17.4. The molecule has 5 heteroatoms. The molecule has 14 heavy (non-hydrogen) atoms. The Balaban J connectivity index is 0.00000169. The summed E-state index contributed by atoms with van der Waals surface area (Å²) in [5.41, 5.74) is 0. The maximum atomic E-state index is 10.2. The van der Waals surface area contributed by atoms with E-state index in [9.17, 15) is 4.79 Å². The second-order valence-corrected chi connectivity index (χ2v) is 3.41. The Labute approximate surface area is 90.4 Å². The van der Waals surface area contributed by atoms with Crippen molar-refractivity contribution in [2.24, 2.45) is 5.92 Å². The van der Waals surface area contributed by atoms with E-state index in [-0.39, 0.29) is 18.8 Å². The van der Waals surface area contributed by atoms with Gasteiger partial charge in [0.25, 0.3) is 0 Å². The molecule has 1 saturated heterocycles. The average molecular weight is 224 g/mol. The highest BCUT2D eigenvalue weighted by atomic mass is 35.5. The molecule has 0 atom stereocenters. The summed E-state index contributed by atoms with van der Waals surface area (Å²) in [5.74, 6) is -0.166. The van der Waals surface area contributed by atoms with Crippen LogP contribution in [0.15, 0.2) is 0 Å².